The van der Waals surface area contributed by atoms with Gasteiger partial charge in [-0.05, 0) is 37.0 Å². The van der Waals surface area contributed by atoms with E-state index >= 15 is 0 Å². The van der Waals surface area contributed by atoms with Gasteiger partial charge in [-0.15, -0.1) is 0 Å². The van der Waals surface area contributed by atoms with Crippen molar-refractivity contribution < 1.29 is 14.7 Å². The van der Waals surface area contributed by atoms with Gasteiger partial charge in [0.05, 0.1) is 16.8 Å². The highest BCUT2D eigenvalue weighted by atomic mass is 16.4. The SMILES string of the molecule is CCc1c[nH]c2c(N3CCCCC3=O)cc(C(=O)O)cc12. The third-order valence-electron chi connectivity index (χ3n) is 4.10. The fourth-order valence-corrected chi connectivity index (χ4v) is 2.96. The third kappa shape index (κ3) is 2.28. The van der Waals surface area contributed by atoms with Crippen molar-refractivity contribution in [3.05, 3.63) is 29.5 Å². The van der Waals surface area contributed by atoms with Gasteiger partial charge in [0.1, 0.15) is 0 Å². The molecule has 1 amide bonds. The molecular formula is C16H18N2O3. The third-order valence-corrected chi connectivity index (χ3v) is 4.10. The van der Waals surface area contributed by atoms with Crippen LogP contribution in [-0.2, 0) is 11.2 Å². The summed E-state index contributed by atoms with van der Waals surface area (Å²) in [6, 6.07) is 3.29. The Hall–Kier alpha value is -2.30. The summed E-state index contributed by atoms with van der Waals surface area (Å²) in [5.74, 6) is -0.899. The lowest BCUT2D eigenvalue weighted by Gasteiger charge is -2.27. The van der Waals surface area contributed by atoms with Crippen LogP contribution in [0.1, 0.15) is 42.1 Å². The molecule has 0 radical (unpaired) electrons. The maximum Gasteiger partial charge on any atom is 0.335 e. The number of aromatic carboxylic acids is 1. The lowest BCUT2D eigenvalue weighted by molar-refractivity contribution is -0.119. The molecule has 0 unspecified atom stereocenters. The highest BCUT2D eigenvalue weighted by Crippen LogP contribution is 2.32. The molecule has 0 saturated carbocycles. The molecule has 21 heavy (non-hydrogen) atoms. The minimum Gasteiger partial charge on any atom is -0.478 e. The van der Waals surface area contributed by atoms with Gasteiger partial charge in [0.2, 0.25) is 5.91 Å². The summed E-state index contributed by atoms with van der Waals surface area (Å²) >= 11 is 0. The number of carbonyl (C=O) groups excluding carboxylic acids is 1. The number of aromatic amines is 1. The van der Waals surface area contributed by atoms with Crippen LogP contribution in [0.4, 0.5) is 5.69 Å². The zero-order chi connectivity index (χ0) is 15.0. The van der Waals surface area contributed by atoms with Gasteiger partial charge in [-0.3, -0.25) is 4.79 Å². The van der Waals surface area contributed by atoms with E-state index in [1.54, 1.807) is 17.0 Å². The second-order valence-corrected chi connectivity index (χ2v) is 5.39. The Kier molecular flexibility index (Phi) is 3.41. The Labute approximate surface area is 122 Å². The first-order chi connectivity index (χ1) is 10.1. The van der Waals surface area contributed by atoms with Crippen molar-refractivity contribution in [1.29, 1.82) is 0 Å². The lowest BCUT2D eigenvalue weighted by Crippen LogP contribution is -2.35. The molecule has 3 rings (SSSR count). The number of hydrogen-bond donors (Lipinski definition) is 2. The summed E-state index contributed by atoms with van der Waals surface area (Å²) in [5.41, 5.74) is 2.84. The van der Waals surface area contributed by atoms with Crippen molar-refractivity contribution in [1.82, 2.24) is 4.98 Å². The average Bonchev–Trinajstić information content (AvgIpc) is 2.90. The average molecular weight is 286 g/mol. The number of hydrogen-bond acceptors (Lipinski definition) is 2. The summed E-state index contributed by atoms with van der Waals surface area (Å²) < 4.78 is 0. The van der Waals surface area contributed by atoms with Crippen LogP contribution < -0.4 is 4.90 Å². The zero-order valence-electron chi connectivity index (χ0n) is 12.0. The second kappa shape index (κ2) is 5.24. The van der Waals surface area contributed by atoms with Crippen molar-refractivity contribution in [3.8, 4) is 0 Å². The van der Waals surface area contributed by atoms with E-state index in [0.29, 0.717) is 18.7 Å². The highest BCUT2D eigenvalue weighted by Gasteiger charge is 2.24. The number of piperidine rings is 1. The number of amides is 1. The minimum atomic E-state index is -0.967. The van der Waals surface area contributed by atoms with Crippen LogP contribution in [0.3, 0.4) is 0 Å². The molecule has 110 valence electrons. The van der Waals surface area contributed by atoms with Gasteiger partial charge in [-0.2, -0.15) is 0 Å². The Morgan fingerprint density at radius 3 is 2.86 bits per heavy atom. The molecule has 0 aliphatic carbocycles. The molecule has 2 N–H and O–H groups in total. The Morgan fingerprint density at radius 1 is 1.38 bits per heavy atom. The smallest absolute Gasteiger partial charge is 0.335 e. The van der Waals surface area contributed by atoms with Crippen LogP contribution >= 0.6 is 0 Å². The molecule has 2 heterocycles. The Morgan fingerprint density at radius 2 is 2.19 bits per heavy atom. The first kappa shape index (κ1) is 13.7. The van der Waals surface area contributed by atoms with Crippen LogP contribution in [0.15, 0.2) is 18.3 Å². The van der Waals surface area contributed by atoms with Gasteiger partial charge >= 0.3 is 5.97 Å². The summed E-state index contributed by atoms with van der Waals surface area (Å²) in [7, 11) is 0. The molecule has 1 aliphatic heterocycles. The monoisotopic (exact) mass is 286 g/mol. The number of aromatic nitrogens is 1. The number of aryl methyl sites for hydroxylation is 1. The van der Waals surface area contributed by atoms with E-state index in [-0.39, 0.29) is 11.5 Å². The van der Waals surface area contributed by atoms with Crippen molar-refractivity contribution in [2.24, 2.45) is 0 Å². The van der Waals surface area contributed by atoms with Gasteiger partial charge in [0.15, 0.2) is 0 Å². The van der Waals surface area contributed by atoms with E-state index in [2.05, 4.69) is 4.98 Å². The number of nitrogens with one attached hydrogen (secondary N) is 1. The molecule has 1 aromatic heterocycles. The molecule has 1 saturated heterocycles. The maximum absolute atomic E-state index is 12.2. The number of fused-ring (bicyclic) bond motifs is 1. The van der Waals surface area contributed by atoms with Gasteiger partial charge in [-0.1, -0.05) is 6.92 Å². The first-order valence-electron chi connectivity index (χ1n) is 7.29. The lowest BCUT2D eigenvalue weighted by atomic mass is 10.0. The minimum absolute atomic E-state index is 0.0673. The van der Waals surface area contributed by atoms with E-state index in [9.17, 15) is 14.7 Å². The summed E-state index contributed by atoms with van der Waals surface area (Å²) in [4.78, 5) is 28.5. The van der Waals surface area contributed by atoms with Crippen molar-refractivity contribution in [2.45, 2.75) is 32.6 Å². The Bertz CT molecular complexity index is 718. The number of carboxylic acid groups (broad SMARTS) is 1. The fourth-order valence-electron chi connectivity index (χ4n) is 2.96. The van der Waals surface area contributed by atoms with Crippen LogP contribution in [-0.4, -0.2) is 28.5 Å². The number of carbonyl (C=O) groups is 2. The topological polar surface area (TPSA) is 73.4 Å². The molecule has 1 aliphatic rings. The quantitative estimate of drug-likeness (QED) is 0.911. The van der Waals surface area contributed by atoms with E-state index in [1.165, 1.54) is 0 Å². The van der Waals surface area contributed by atoms with Crippen LogP contribution in [0.2, 0.25) is 0 Å². The summed E-state index contributed by atoms with van der Waals surface area (Å²) in [6.45, 7) is 2.68. The molecule has 0 spiro atoms. The highest BCUT2D eigenvalue weighted by molar-refractivity contribution is 6.06. The molecule has 1 aromatic carbocycles. The van der Waals surface area contributed by atoms with E-state index in [0.717, 1.165) is 35.7 Å². The second-order valence-electron chi connectivity index (χ2n) is 5.39. The molecule has 5 nitrogen and oxygen atoms in total. The molecule has 1 fully saturated rings. The van der Waals surface area contributed by atoms with E-state index in [4.69, 9.17) is 0 Å². The fraction of sp³-hybridized carbons (Fsp3) is 0.375. The Balaban J connectivity index is 2.22. The van der Waals surface area contributed by atoms with Crippen molar-refractivity contribution >= 4 is 28.5 Å². The number of anilines is 1. The van der Waals surface area contributed by atoms with Crippen molar-refractivity contribution in [2.75, 3.05) is 11.4 Å². The number of rotatable bonds is 3. The molecule has 2 aromatic rings. The summed E-state index contributed by atoms with van der Waals surface area (Å²) in [5, 5.41) is 10.2. The normalized spacial score (nSPS) is 15.7. The predicted molar refractivity (Wildman–Crippen MR) is 80.8 cm³/mol. The summed E-state index contributed by atoms with van der Waals surface area (Å²) in [6.07, 6.45) is 5.10. The molecule has 5 heteroatoms. The maximum atomic E-state index is 12.2. The van der Waals surface area contributed by atoms with E-state index < -0.39 is 5.97 Å². The van der Waals surface area contributed by atoms with Crippen LogP contribution in [0.5, 0.6) is 0 Å². The largest absolute Gasteiger partial charge is 0.478 e. The molecule has 0 bridgehead atoms. The number of H-pyrrole nitrogens is 1. The standard InChI is InChI=1S/C16H18N2O3/c1-2-10-9-17-15-12(10)7-11(16(20)21)8-13(15)18-6-4-3-5-14(18)19/h7-9,17H,2-6H2,1H3,(H,20,21). The zero-order valence-corrected chi connectivity index (χ0v) is 12.0. The van der Waals surface area contributed by atoms with Crippen LogP contribution in [0, 0.1) is 0 Å². The van der Waals surface area contributed by atoms with E-state index in [1.807, 2.05) is 13.1 Å². The number of benzene rings is 1. The van der Waals surface area contributed by atoms with Gasteiger partial charge < -0.3 is 15.0 Å². The van der Waals surface area contributed by atoms with Crippen molar-refractivity contribution in [3.63, 3.8) is 0 Å². The number of nitrogens with zero attached hydrogens (tertiary/aromatic N) is 1. The number of carboxylic acids is 1. The van der Waals surface area contributed by atoms with Gasteiger partial charge in [-0.25, -0.2) is 4.79 Å². The first-order valence-corrected chi connectivity index (χ1v) is 7.29. The van der Waals surface area contributed by atoms with Crippen LogP contribution in [0.25, 0.3) is 10.9 Å². The molecule has 0 atom stereocenters. The molecular weight excluding hydrogens is 268 g/mol. The predicted octanol–water partition coefficient (Wildman–Crippen LogP) is 2.95. The van der Waals surface area contributed by atoms with Gasteiger partial charge in [0, 0.05) is 24.5 Å². The van der Waals surface area contributed by atoms with Gasteiger partial charge in [0.25, 0.3) is 0 Å².